The van der Waals surface area contributed by atoms with Crippen molar-refractivity contribution in [3.8, 4) is 0 Å². The number of carbonyl (C=O) groups excluding carboxylic acids is 1. The van der Waals surface area contributed by atoms with Gasteiger partial charge in [-0.25, -0.2) is 15.0 Å². The van der Waals surface area contributed by atoms with Crippen LogP contribution in [0.25, 0.3) is 11.2 Å². The van der Waals surface area contributed by atoms with E-state index < -0.39 is 21.0 Å². The van der Waals surface area contributed by atoms with Gasteiger partial charge in [0.1, 0.15) is 18.6 Å². The van der Waals surface area contributed by atoms with Crippen molar-refractivity contribution in [2.75, 3.05) is 18.9 Å². The quantitative estimate of drug-likeness (QED) is 0.435. The molecule has 0 fully saturated rings. The van der Waals surface area contributed by atoms with Gasteiger partial charge in [0.05, 0.1) is 17.8 Å². The molecule has 2 heterocycles. The first-order chi connectivity index (χ1) is 12.9. The fourth-order valence-corrected chi connectivity index (χ4v) is 2.72. The fourth-order valence-electron chi connectivity index (χ4n) is 2.26. The SMILES string of the molecule is Nc1ncnc2c1ncn2COCCNC(=O)c1ccc(S(=O)(=O)F)cc1. The maximum Gasteiger partial charge on any atom is 0.332 e. The standard InChI is InChI=1S/C15H15FN6O4S/c16-27(24,25)11-3-1-10(2-4-11)15(23)18-5-6-26-9-22-8-21-12-13(17)19-7-20-14(12)22/h1-4,7-8H,5-6,9H2,(H,18,23)(H2,17,19,20). The van der Waals surface area contributed by atoms with Gasteiger partial charge < -0.3 is 15.8 Å². The zero-order chi connectivity index (χ0) is 19.4. The number of nitrogens with two attached hydrogens (primary N) is 1. The lowest BCUT2D eigenvalue weighted by molar-refractivity contribution is 0.0750. The Hall–Kier alpha value is -3.12. The van der Waals surface area contributed by atoms with Gasteiger partial charge in [0.2, 0.25) is 0 Å². The van der Waals surface area contributed by atoms with Gasteiger partial charge >= 0.3 is 10.2 Å². The van der Waals surface area contributed by atoms with Crippen LogP contribution in [0.5, 0.6) is 0 Å². The molecule has 3 aromatic rings. The van der Waals surface area contributed by atoms with E-state index in [9.17, 15) is 17.1 Å². The predicted octanol–water partition coefficient (Wildman–Crippen LogP) is 0.471. The van der Waals surface area contributed by atoms with Crippen LogP contribution in [0.2, 0.25) is 0 Å². The van der Waals surface area contributed by atoms with Crippen LogP contribution >= 0.6 is 0 Å². The zero-order valence-electron chi connectivity index (χ0n) is 13.9. The topological polar surface area (TPSA) is 142 Å². The summed E-state index contributed by atoms with van der Waals surface area (Å²) in [6.07, 6.45) is 2.85. The highest BCUT2D eigenvalue weighted by molar-refractivity contribution is 7.86. The van der Waals surface area contributed by atoms with Crippen molar-refractivity contribution >= 4 is 33.1 Å². The third kappa shape index (κ3) is 4.35. The summed E-state index contributed by atoms with van der Waals surface area (Å²) in [5.41, 5.74) is 6.92. The van der Waals surface area contributed by atoms with E-state index in [1.165, 1.54) is 24.8 Å². The maximum absolute atomic E-state index is 12.8. The number of ether oxygens (including phenoxy) is 1. The summed E-state index contributed by atoms with van der Waals surface area (Å²) < 4.78 is 41.4. The first-order valence-corrected chi connectivity index (χ1v) is 9.06. The van der Waals surface area contributed by atoms with Gasteiger partial charge in [-0.15, -0.1) is 3.89 Å². The van der Waals surface area contributed by atoms with Crippen molar-refractivity contribution in [2.24, 2.45) is 0 Å². The van der Waals surface area contributed by atoms with Crippen LogP contribution in [0.15, 0.2) is 41.8 Å². The minimum Gasteiger partial charge on any atom is -0.382 e. The minimum absolute atomic E-state index is 0.159. The highest BCUT2D eigenvalue weighted by atomic mass is 32.3. The number of benzene rings is 1. The lowest BCUT2D eigenvalue weighted by Gasteiger charge is -2.08. The number of halogens is 1. The largest absolute Gasteiger partial charge is 0.382 e. The number of nitrogens with zero attached hydrogens (tertiary/aromatic N) is 4. The van der Waals surface area contributed by atoms with Crippen molar-refractivity contribution in [3.05, 3.63) is 42.5 Å². The Morgan fingerprint density at radius 3 is 2.67 bits per heavy atom. The van der Waals surface area contributed by atoms with Gasteiger partial charge in [0.15, 0.2) is 11.5 Å². The highest BCUT2D eigenvalue weighted by Gasteiger charge is 2.13. The average molecular weight is 394 g/mol. The molecule has 1 aromatic carbocycles. The molecule has 3 N–H and O–H groups in total. The molecule has 27 heavy (non-hydrogen) atoms. The number of nitrogen functional groups attached to an aromatic ring is 1. The van der Waals surface area contributed by atoms with Gasteiger partial charge in [-0.2, -0.15) is 8.42 Å². The van der Waals surface area contributed by atoms with Gasteiger partial charge in [-0.1, -0.05) is 0 Å². The molecule has 0 atom stereocenters. The van der Waals surface area contributed by atoms with Crippen molar-refractivity contribution in [2.45, 2.75) is 11.6 Å². The highest BCUT2D eigenvalue weighted by Crippen LogP contribution is 2.14. The van der Waals surface area contributed by atoms with Crippen LogP contribution in [0, 0.1) is 0 Å². The Labute approximate surface area is 153 Å². The van der Waals surface area contributed by atoms with Gasteiger partial charge in [0.25, 0.3) is 5.91 Å². The smallest absolute Gasteiger partial charge is 0.332 e. The molecule has 0 spiro atoms. The number of fused-ring (bicyclic) bond motifs is 1. The van der Waals surface area contributed by atoms with Gasteiger partial charge in [-0.3, -0.25) is 9.36 Å². The number of amides is 1. The number of imidazole rings is 1. The van der Waals surface area contributed by atoms with E-state index in [4.69, 9.17) is 10.5 Å². The van der Waals surface area contributed by atoms with Crippen molar-refractivity contribution in [1.82, 2.24) is 24.8 Å². The van der Waals surface area contributed by atoms with Crippen LogP contribution in [-0.2, 0) is 21.7 Å². The monoisotopic (exact) mass is 394 g/mol. The van der Waals surface area contributed by atoms with Crippen LogP contribution in [0.3, 0.4) is 0 Å². The molecule has 0 aliphatic rings. The third-order valence-electron chi connectivity index (χ3n) is 3.59. The van der Waals surface area contributed by atoms with Crippen LogP contribution < -0.4 is 11.1 Å². The van der Waals surface area contributed by atoms with E-state index >= 15 is 0 Å². The normalized spacial score (nSPS) is 11.6. The minimum atomic E-state index is -4.79. The van der Waals surface area contributed by atoms with E-state index in [-0.39, 0.29) is 31.3 Å². The molecule has 12 heteroatoms. The zero-order valence-corrected chi connectivity index (χ0v) is 14.7. The molecule has 0 unspecified atom stereocenters. The molecule has 0 aliphatic heterocycles. The Morgan fingerprint density at radius 2 is 1.96 bits per heavy atom. The van der Waals surface area contributed by atoms with Crippen LogP contribution in [0.1, 0.15) is 10.4 Å². The second-order valence-electron chi connectivity index (χ2n) is 5.40. The molecule has 0 saturated carbocycles. The van der Waals surface area contributed by atoms with E-state index in [2.05, 4.69) is 20.3 Å². The first kappa shape index (κ1) is 18.7. The number of hydrogen-bond acceptors (Lipinski definition) is 8. The summed E-state index contributed by atoms with van der Waals surface area (Å²) in [5, 5.41) is 2.61. The average Bonchev–Trinajstić information content (AvgIpc) is 3.05. The summed E-state index contributed by atoms with van der Waals surface area (Å²) in [6.45, 7) is 0.584. The van der Waals surface area contributed by atoms with E-state index in [0.717, 1.165) is 12.1 Å². The lowest BCUT2D eigenvalue weighted by Crippen LogP contribution is -2.27. The molecule has 0 saturated heterocycles. The lowest BCUT2D eigenvalue weighted by atomic mass is 10.2. The molecular formula is C15H15FN6O4S. The van der Waals surface area contributed by atoms with Crippen LogP contribution in [0.4, 0.5) is 9.70 Å². The third-order valence-corrected chi connectivity index (χ3v) is 4.43. The van der Waals surface area contributed by atoms with Crippen LogP contribution in [-0.4, -0.2) is 47.0 Å². The Kier molecular flexibility index (Phi) is 5.28. The number of anilines is 1. The van der Waals surface area contributed by atoms with E-state index in [0.29, 0.717) is 11.2 Å². The predicted molar refractivity (Wildman–Crippen MR) is 92.8 cm³/mol. The molecule has 0 bridgehead atoms. The van der Waals surface area contributed by atoms with E-state index in [1.54, 1.807) is 4.57 Å². The molecule has 2 aromatic heterocycles. The molecule has 3 rings (SSSR count). The van der Waals surface area contributed by atoms with Gasteiger partial charge in [-0.05, 0) is 24.3 Å². The number of rotatable bonds is 7. The van der Waals surface area contributed by atoms with E-state index in [1.807, 2.05) is 0 Å². The summed E-state index contributed by atoms with van der Waals surface area (Å²) in [7, 11) is -4.79. The number of nitrogens with one attached hydrogen (secondary N) is 1. The Morgan fingerprint density at radius 1 is 1.22 bits per heavy atom. The molecule has 0 aliphatic carbocycles. The summed E-state index contributed by atoms with van der Waals surface area (Å²) >= 11 is 0. The van der Waals surface area contributed by atoms with Crippen molar-refractivity contribution < 1.29 is 21.8 Å². The summed E-state index contributed by atoms with van der Waals surface area (Å²) in [5.74, 6) is -0.160. The molecule has 142 valence electrons. The number of hydrogen-bond donors (Lipinski definition) is 2. The molecule has 1 amide bonds. The first-order valence-electron chi connectivity index (χ1n) is 7.68. The summed E-state index contributed by atoms with van der Waals surface area (Å²) in [4.78, 5) is 23.5. The molecular weight excluding hydrogens is 379 g/mol. The maximum atomic E-state index is 12.8. The Bertz CT molecular complexity index is 1070. The summed E-state index contributed by atoms with van der Waals surface area (Å²) in [6, 6.07) is 4.51. The van der Waals surface area contributed by atoms with Crippen molar-refractivity contribution in [1.29, 1.82) is 0 Å². The van der Waals surface area contributed by atoms with Gasteiger partial charge in [0, 0.05) is 12.1 Å². The Balaban J connectivity index is 1.47. The van der Waals surface area contributed by atoms with Crippen molar-refractivity contribution in [3.63, 3.8) is 0 Å². The number of aromatic nitrogens is 4. The fraction of sp³-hybridized carbons (Fsp3) is 0.200. The molecule has 10 nitrogen and oxygen atoms in total. The second kappa shape index (κ2) is 7.63. The number of carbonyl (C=O) groups is 1. The molecule has 0 radical (unpaired) electrons. The second-order valence-corrected chi connectivity index (χ2v) is 6.75.